The first-order valence-corrected chi connectivity index (χ1v) is 14.2. The zero-order valence-corrected chi connectivity index (χ0v) is 26.0. The van der Waals surface area contributed by atoms with Crippen molar-refractivity contribution in [3.63, 3.8) is 0 Å². The summed E-state index contributed by atoms with van der Waals surface area (Å²) in [5, 5.41) is 12.9. The molecule has 1 aliphatic rings. The quantitative estimate of drug-likeness (QED) is 0.396. The summed E-state index contributed by atoms with van der Waals surface area (Å²) >= 11 is 0. The van der Waals surface area contributed by atoms with Gasteiger partial charge in [0.2, 0.25) is 5.91 Å². The van der Waals surface area contributed by atoms with Gasteiger partial charge < -0.3 is 25.8 Å². The zero-order valence-electron chi connectivity index (χ0n) is 26.0. The van der Waals surface area contributed by atoms with Gasteiger partial charge in [0.25, 0.3) is 11.8 Å². The number of piperazine rings is 1. The van der Waals surface area contributed by atoms with Crippen molar-refractivity contribution in [2.75, 3.05) is 37.3 Å². The number of hydrogen-bond acceptors (Lipinski definition) is 6. The standard InChI is InChI=1S/C31H40N8O4/c1-9-32-26(40)23-13-11-20(17-33-23)22-16-21(12-10-19(22)2)34-29(43)35-24-18-39(30(3,4)5)36-25(24)27(41)38-15-14-37(8)28(42)31(38,6)7/h10-13,16-18H,9,14-15H2,1-8H3,(H,32,40)(H2,34,35,43). The Morgan fingerprint density at radius 2 is 1.77 bits per heavy atom. The van der Waals surface area contributed by atoms with Gasteiger partial charge in [0.1, 0.15) is 11.2 Å². The summed E-state index contributed by atoms with van der Waals surface area (Å²) in [6, 6.07) is 8.39. The number of rotatable bonds is 6. The van der Waals surface area contributed by atoms with E-state index in [2.05, 4.69) is 26.0 Å². The van der Waals surface area contributed by atoms with Gasteiger partial charge in [-0.1, -0.05) is 12.1 Å². The molecule has 12 heteroatoms. The average Bonchev–Trinajstić information content (AvgIpc) is 3.37. The lowest BCUT2D eigenvalue weighted by atomic mass is 9.97. The van der Waals surface area contributed by atoms with E-state index in [0.29, 0.717) is 31.0 Å². The highest BCUT2D eigenvalue weighted by Gasteiger charge is 2.44. The first-order valence-electron chi connectivity index (χ1n) is 14.2. The second kappa shape index (κ2) is 11.9. The van der Waals surface area contributed by atoms with Crippen LogP contribution in [-0.2, 0) is 10.3 Å². The lowest BCUT2D eigenvalue weighted by molar-refractivity contribution is -0.144. The highest BCUT2D eigenvalue weighted by Crippen LogP contribution is 2.29. The van der Waals surface area contributed by atoms with Crippen LogP contribution in [0.4, 0.5) is 16.2 Å². The predicted molar refractivity (Wildman–Crippen MR) is 165 cm³/mol. The Hall–Kier alpha value is -4.74. The normalized spacial score (nSPS) is 14.8. The van der Waals surface area contributed by atoms with Crippen LogP contribution in [0.3, 0.4) is 0 Å². The first-order chi connectivity index (χ1) is 20.1. The summed E-state index contributed by atoms with van der Waals surface area (Å²) in [6.45, 7) is 14.3. The number of pyridine rings is 1. The number of nitrogens with one attached hydrogen (secondary N) is 3. The monoisotopic (exact) mass is 588 g/mol. The van der Waals surface area contributed by atoms with Crippen LogP contribution < -0.4 is 16.0 Å². The number of likely N-dealkylation sites (N-methyl/N-ethyl adjacent to an activating group) is 1. The van der Waals surface area contributed by atoms with Crippen LogP contribution in [-0.4, -0.2) is 80.5 Å². The summed E-state index contributed by atoms with van der Waals surface area (Å²) in [4.78, 5) is 59.3. The smallest absolute Gasteiger partial charge is 0.323 e. The molecule has 228 valence electrons. The van der Waals surface area contributed by atoms with Crippen LogP contribution in [0.25, 0.3) is 11.1 Å². The molecule has 1 aliphatic heterocycles. The van der Waals surface area contributed by atoms with Gasteiger partial charge in [0.15, 0.2) is 5.69 Å². The molecule has 4 rings (SSSR count). The SMILES string of the molecule is CCNC(=O)c1ccc(-c2cc(NC(=O)Nc3cn(C(C)(C)C)nc3C(=O)N3CCN(C)C(=O)C3(C)C)ccc2C)cn1. The van der Waals surface area contributed by atoms with E-state index >= 15 is 0 Å². The summed E-state index contributed by atoms with van der Waals surface area (Å²) in [5.74, 6) is -0.849. The minimum atomic E-state index is -1.07. The Morgan fingerprint density at radius 3 is 2.40 bits per heavy atom. The molecule has 0 spiro atoms. The van der Waals surface area contributed by atoms with Gasteiger partial charge in [-0.25, -0.2) is 4.79 Å². The van der Waals surface area contributed by atoms with Gasteiger partial charge in [-0.2, -0.15) is 5.10 Å². The molecule has 1 saturated heterocycles. The van der Waals surface area contributed by atoms with E-state index in [-0.39, 0.29) is 23.2 Å². The Labute approximate surface area is 251 Å². The fourth-order valence-corrected chi connectivity index (χ4v) is 4.90. The van der Waals surface area contributed by atoms with E-state index in [0.717, 1.165) is 16.7 Å². The minimum Gasteiger partial charge on any atom is -0.351 e. The fraction of sp³-hybridized carbons (Fsp3) is 0.419. The van der Waals surface area contributed by atoms with E-state index in [4.69, 9.17) is 0 Å². The Balaban J connectivity index is 1.57. The van der Waals surface area contributed by atoms with E-state index in [1.807, 2.05) is 52.8 Å². The van der Waals surface area contributed by atoms with Crippen molar-refractivity contribution in [1.82, 2.24) is 29.9 Å². The fourth-order valence-electron chi connectivity index (χ4n) is 4.90. The molecule has 0 unspecified atom stereocenters. The van der Waals surface area contributed by atoms with Gasteiger partial charge in [-0.15, -0.1) is 0 Å². The van der Waals surface area contributed by atoms with E-state index in [1.165, 1.54) is 4.90 Å². The molecule has 0 radical (unpaired) electrons. The van der Waals surface area contributed by atoms with Crippen molar-refractivity contribution in [3.8, 4) is 11.1 Å². The molecule has 1 aromatic carbocycles. The highest BCUT2D eigenvalue weighted by atomic mass is 16.2. The molecular formula is C31H40N8O4. The van der Waals surface area contributed by atoms with Crippen LogP contribution in [0.2, 0.25) is 0 Å². The number of carbonyl (C=O) groups is 4. The summed E-state index contributed by atoms with van der Waals surface area (Å²) < 4.78 is 1.63. The number of nitrogens with zero attached hydrogens (tertiary/aromatic N) is 5. The number of urea groups is 1. The Kier molecular flexibility index (Phi) is 8.61. The third-order valence-corrected chi connectivity index (χ3v) is 7.44. The van der Waals surface area contributed by atoms with E-state index in [9.17, 15) is 19.2 Å². The van der Waals surface area contributed by atoms with E-state index < -0.39 is 23.0 Å². The molecule has 0 atom stereocenters. The van der Waals surface area contributed by atoms with Crippen LogP contribution >= 0.6 is 0 Å². The molecule has 3 aromatic rings. The maximum atomic E-state index is 13.8. The Bertz CT molecular complexity index is 1550. The van der Waals surface area contributed by atoms with Gasteiger partial charge >= 0.3 is 6.03 Å². The van der Waals surface area contributed by atoms with Crippen molar-refractivity contribution in [2.24, 2.45) is 0 Å². The molecule has 3 N–H and O–H groups in total. The highest BCUT2D eigenvalue weighted by molar-refractivity contribution is 6.07. The summed E-state index contributed by atoms with van der Waals surface area (Å²) in [5.41, 5.74) is 2.18. The number of aromatic nitrogens is 3. The van der Waals surface area contributed by atoms with Crippen LogP contribution in [0.15, 0.2) is 42.7 Å². The van der Waals surface area contributed by atoms with Crippen LogP contribution in [0.1, 0.15) is 68.1 Å². The molecule has 43 heavy (non-hydrogen) atoms. The van der Waals surface area contributed by atoms with Crippen LogP contribution in [0.5, 0.6) is 0 Å². The minimum absolute atomic E-state index is 0.0540. The maximum absolute atomic E-state index is 13.8. The maximum Gasteiger partial charge on any atom is 0.323 e. The average molecular weight is 589 g/mol. The lowest BCUT2D eigenvalue weighted by Crippen LogP contribution is -2.63. The molecule has 12 nitrogen and oxygen atoms in total. The van der Waals surface area contributed by atoms with E-state index in [1.54, 1.807) is 55.0 Å². The number of carbonyl (C=O) groups excluding carboxylic acids is 4. The molecule has 5 amide bonds. The summed E-state index contributed by atoms with van der Waals surface area (Å²) in [6.07, 6.45) is 3.25. The first kappa shape index (κ1) is 31.2. The summed E-state index contributed by atoms with van der Waals surface area (Å²) in [7, 11) is 1.71. The molecular weight excluding hydrogens is 548 g/mol. The van der Waals surface area contributed by atoms with Crippen molar-refractivity contribution in [3.05, 3.63) is 59.7 Å². The predicted octanol–water partition coefficient (Wildman–Crippen LogP) is 4.10. The molecule has 0 saturated carbocycles. The van der Waals surface area contributed by atoms with Crippen molar-refractivity contribution >= 4 is 35.1 Å². The molecule has 2 aromatic heterocycles. The second-order valence-corrected chi connectivity index (χ2v) is 12.1. The van der Waals surface area contributed by atoms with Gasteiger partial charge in [-0.05, 0) is 77.8 Å². The number of aryl methyl sites for hydroxylation is 1. The molecule has 0 aliphatic carbocycles. The largest absolute Gasteiger partial charge is 0.351 e. The number of amides is 5. The number of hydrogen-bond donors (Lipinski definition) is 3. The number of benzene rings is 1. The topological polar surface area (TPSA) is 142 Å². The zero-order chi connectivity index (χ0) is 31.7. The second-order valence-electron chi connectivity index (χ2n) is 12.1. The van der Waals surface area contributed by atoms with Crippen LogP contribution in [0, 0.1) is 6.92 Å². The number of anilines is 2. The van der Waals surface area contributed by atoms with Crippen molar-refractivity contribution in [1.29, 1.82) is 0 Å². The third kappa shape index (κ3) is 6.52. The lowest BCUT2D eigenvalue weighted by Gasteiger charge is -2.44. The van der Waals surface area contributed by atoms with Crippen molar-refractivity contribution < 1.29 is 19.2 Å². The molecule has 1 fully saturated rings. The molecule has 3 heterocycles. The van der Waals surface area contributed by atoms with Gasteiger partial charge in [-0.3, -0.25) is 24.0 Å². The Morgan fingerprint density at radius 1 is 1.05 bits per heavy atom. The molecule has 0 bridgehead atoms. The van der Waals surface area contributed by atoms with Gasteiger partial charge in [0.05, 0.1) is 17.4 Å². The van der Waals surface area contributed by atoms with Gasteiger partial charge in [0, 0.05) is 44.1 Å². The third-order valence-electron chi connectivity index (χ3n) is 7.44. The van der Waals surface area contributed by atoms with Crippen molar-refractivity contribution in [2.45, 2.75) is 59.5 Å².